The van der Waals surface area contributed by atoms with Crippen molar-refractivity contribution in [3.8, 4) is 0 Å². The van der Waals surface area contributed by atoms with Gasteiger partial charge in [0.25, 0.3) is 0 Å². The summed E-state index contributed by atoms with van der Waals surface area (Å²) >= 11 is 1.70. The lowest BCUT2D eigenvalue weighted by atomic mass is 10.2. The fourth-order valence-electron chi connectivity index (χ4n) is 2.02. The summed E-state index contributed by atoms with van der Waals surface area (Å²) in [6.07, 6.45) is 3.34. The Morgan fingerprint density at radius 1 is 1.35 bits per heavy atom. The third kappa shape index (κ3) is 2.24. The molecular formula is C13H16N6S. The predicted octanol–water partition coefficient (Wildman–Crippen LogP) is 2.50. The van der Waals surface area contributed by atoms with Crippen molar-refractivity contribution in [1.29, 1.82) is 0 Å². The highest BCUT2D eigenvalue weighted by Crippen LogP contribution is 2.22. The maximum absolute atomic E-state index is 4.63. The number of nitrogens with one attached hydrogen (secondary N) is 1. The highest BCUT2D eigenvalue weighted by molar-refractivity contribution is 7.09. The predicted molar refractivity (Wildman–Crippen MR) is 80.2 cm³/mol. The monoisotopic (exact) mass is 288 g/mol. The smallest absolute Gasteiger partial charge is 0.163 e. The lowest BCUT2D eigenvalue weighted by Gasteiger charge is -2.02. The van der Waals surface area contributed by atoms with E-state index in [-0.39, 0.29) is 0 Å². The van der Waals surface area contributed by atoms with Crippen molar-refractivity contribution >= 4 is 28.2 Å². The molecule has 3 aromatic heterocycles. The van der Waals surface area contributed by atoms with E-state index in [1.165, 1.54) is 0 Å². The van der Waals surface area contributed by atoms with E-state index in [9.17, 15) is 0 Å². The average Bonchev–Trinajstić information content (AvgIpc) is 3.06. The van der Waals surface area contributed by atoms with Crippen LogP contribution in [0.15, 0.2) is 17.9 Å². The molecule has 0 fully saturated rings. The van der Waals surface area contributed by atoms with E-state index in [4.69, 9.17) is 0 Å². The van der Waals surface area contributed by atoms with Crippen molar-refractivity contribution in [2.24, 2.45) is 0 Å². The van der Waals surface area contributed by atoms with Crippen molar-refractivity contribution in [1.82, 2.24) is 24.7 Å². The van der Waals surface area contributed by atoms with Crippen molar-refractivity contribution in [2.45, 2.75) is 26.3 Å². The van der Waals surface area contributed by atoms with Gasteiger partial charge in [-0.05, 0) is 0 Å². The van der Waals surface area contributed by atoms with Crippen molar-refractivity contribution in [3.05, 3.63) is 28.6 Å². The van der Waals surface area contributed by atoms with E-state index in [1.54, 1.807) is 23.9 Å². The number of rotatable bonds is 4. The fourth-order valence-corrected chi connectivity index (χ4v) is 2.85. The third-order valence-electron chi connectivity index (χ3n) is 3.05. The summed E-state index contributed by atoms with van der Waals surface area (Å²) in [5.41, 5.74) is 1.84. The quantitative estimate of drug-likeness (QED) is 0.799. The van der Waals surface area contributed by atoms with Crippen LogP contribution in [0.2, 0.25) is 0 Å². The topological polar surface area (TPSA) is 68.5 Å². The molecule has 0 aliphatic heterocycles. The second-order valence-corrected chi connectivity index (χ2v) is 5.73. The first-order valence-corrected chi connectivity index (χ1v) is 7.35. The van der Waals surface area contributed by atoms with E-state index in [0.29, 0.717) is 12.5 Å². The largest absolute Gasteiger partial charge is 0.372 e. The molecule has 0 unspecified atom stereocenters. The van der Waals surface area contributed by atoms with Gasteiger partial charge in [0.05, 0.1) is 28.8 Å². The minimum atomic E-state index is 0.460. The molecule has 0 aromatic carbocycles. The van der Waals surface area contributed by atoms with Gasteiger partial charge in [0, 0.05) is 18.3 Å². The Kier molecular flexibility index (Phi) is 3.35. The Hall–Kier alpha value is -2.02. The molecule has 3 heterocycles. The molecule has 0 spiro atoms. The normalized spacial score (nSPS) is 11.4. The van der Waals surface area contributed by atoms with Crippen molar-refractivity contribution in [2.75, 3.05) is 12.4 Å². The highest BCUT2D eigenvalue weighted by Gasteiger charge is 2.11. The fraction of sp³-hybridized carbons (Fsp3) is 0.385. The molecule has 0 saturated heterocycles. The third-order valence-corrected chi connectivity index (χ3v) is 4.24. The van der Waals surface area contributed by atoms with Gasteiger partial charge < -0.3 is 5.32 Å². The SMILES string of the molecule is CNc1ncnc2c1cnn2Cc1csc(C(C)C)n1. The zero-order valence-corrected chi connectivity index (χ0v) is 12.5. The summed E-state index contributed by atoms with van der Waals surface area (Å²) < 4.78 is 1.86. The molecule has 6 nitrogen and oxygen atoms in total. The first-order chi connectivity index (χ1) is 9.69. The van der Waals surface area contributed by atoms with Gasteiger partial charge in [0.15, 0.2) is 5.65 Å². The van der Waals surface area contributed by atoms with Crippen LogP contribution in [-0.2, 0) is 6.54 Å². The standard InChI is InChI=1S/C13H16N6S/c1-8(2)13-18-9(6-20-13)5-19-12-10(4-17-19)11(14-3)15-7-16-12/h4,6-8H,5H2,1-3H3,(H,14,15,16). The van der Waals surface area contributed by atoms with E-state index in [2.05, 4.69) is 44.6 Å². The molecule has 0 aliphatic carbocycles. The Labute approximate surface area is 120 Å². The summed E-state index contributed by atoms with van der Waals surface area (Å²) in [7, 11) is 1.84. The van der Waals surface area contributed by atoms with E-state index < -0.39 is 0 Å². The number of anilines is 1. The molecule has 104 valence electrons. The van der Waals surface area contributed by atoms with Crippen LogP contribution in [-0.4, -0.2) is 31.8 Å². The molecule has 3 rings (SSSR count). The van der Waals surface area contributed by atoms with Crippen molar-refractivity contribution < 1.29 is 0 Å². The Bertz CT molecular complexity index is 729. The summed E-state index contributed by atoms with van der Waals surface area (Å²) in [6, 6.07) is 0. The van der Waals surface area contributed by atoms with Gasteiger partial charge >= 0.3 is 0 Å². The zero-order chi connectivity index (χ0) is 14.1. The van der Waals surface area contributed by atoms with Crippen LogP contribution in [0.5, 0.6) is 0 Å². The Balaban J connectivity index is 1.94. The highest BCUT2D eigenvalue weighted by atomic mass is 32.1. The summed E-state index contributed by atoms with van der Waals surface area (Å²) in [4.78, 5) is 13.1. The molecule has 0 bridgehead atoms. The molecule has 0 aliphatic rings. The molecule has 0 saturated carbocycles. The molecular weight excluding hydrogens is 272 g/mol. The van der Waals surface area contributed by atoms with Crippen LogP contribution >= 0.6 is 11.3 Å². The summed E-state index contributed by atoms with van der Waals surface area (Å²) in [5.74, 6) is 1.25. The van der Waals surface area contributed by atoms with Gasteiger partial charge in [-0.15, -0.1) is 11.3 Å². The molecule has 3 aromatic rings. The van der Waals surface area contributed by atoms with Gasteiger partial charge in [-0.2, -0.15) is 5.10 Å². The number of hydrogen-bond acceptors (Lipinski definition) is 6. The van der Waals surface area contributed by atoms with Crippen LogP contribution in [0.3, 0.4) is 0 Å². The lowest BCUT2D eigenvalue weighted by Crippen LogP contribution is -2.04. The second-order valence-electron chi connectivity index (χ2n) is 4.84. The average molecular weight is 288 g/mol. The zero-order valence-electron chi connectivity index (χ0n) is 11.7. The number of fused-ring (bicyclic) bond motifs is 1. The molecule has 0 atom stereocenters. The molecule has 7 heteroatoms. The van der Waals surface area contributed by atoms with Crippen LogP contribution in [0.4, 0.5) is 5.82 Å². The first-order valence-electron chi connectivity index (χ1n) is 6.47. The van der Waals surface area contributed by atoms with Crippen LogP contribution < -0.4 is 5.32 Å². The maximum Gasteiger partial charge on any atom is 0.163 e. The number of hydrogen-bond donors (Lipinski definition) is 1. The lowest BCUT2D eigenvalue weighted by molar-refractivity contribution is 0.687. The maximum atomic E-state index is 4.63. The van der Waals surface area contributed by atoms with E-state index in [1.807, 2.05) is 11.7 Å². The van der Waals surface area contributed by atoms with Gasteiger partial charge in [0.1, 0.15) is 12.1 Å². The minimum Gasteiger partial charge on any atom is -0.372 e. The van der Waals surface area contributed by atoms with Gasteiger partial charge in [-0.3, -0.25) is 0 Å². The van der Waals surface area contributed by atoms with Crippen LogP contribution in [0, 0.1) is 0 Å². The number of nitrogens with zero attached hydrogens (tertiary/aromatic N) is 5. The number of thiazole rings is 1. The minimum absolute atomic E-state index is 0.460. The molecule has 0 amide bonds. The summed E-state index contributed by atoms with van der Waals surface area (Å²) in [6.45, 7) is 4.93. The molecule has 20 heavy (non-hydrogen) atoms. The van der Waals surface area contributed by atoms with E-state index >= 15 is 0 Å². The Morgan fingerprint density at radius 2 is 2.20 bits per heavy atom. The van der Waals surface area contributed by atoms with Crippen molar-refractivity contribution in [3.63, 3.8) is 0 Å². The van der Waals surface area contributed by atoms with Gasteiger partial charge in [0.2, 0.25) is 0 Å². The van der Waals surface area contributed by atoms with Gasteiger partial charge in [-0.25, -0.2) is 19.6 Å². The Morgan fingerprint density at radius 3 is 2.90 bits per heavy atom. The molecule has 1 N–H and O–H groups in total. The van der Waals surface area contributed by atoms with Crippen LogP contribution in [0.1, 0.15) is 30.5 Å². The second kappa shape index (κ2) is 5.16. The van der Waals surface area contributed by atoms with Crippen LogP contribution in [0.25, 0.3) is 11.0 Å². The number of aromatic nitrogens is 5. The van der Waals surface area contributed by atoms with Gasteiger partial charge in [-0.1, -0.05) is 13.8 Å². The summed E-state index contributed by atoms with van der Waals surface area (Å²) in [5, 5.41) is 11.6. The van der Waals surface area contributed by atoms with E-state index in [0.717, 1.165) is 27.6 Å². The first kappa shape index (κ1) is 13.0. The molecule has 0 radical (unpaired) electrons.